The topological polar surface area (TPSA) is 142 Å². The van der Waals surface area contributed by atoms with E-state index < -0.39 is 29.2 Å². The Morgan fingerprint density at radius 2 is 1.93 bits per heavy atom. The minimum atomic E-state index is -1.75. The molecule has 0 unspecified atom stereocenters. The first-order chi connectivity index (χ1) is 20.4. The molecule has 0 spiro atoms. The molecule has 12 nitrogen and oxygen atoms in total. The number of imide groups is 1. The zero-order valence-corrected chi connectivity index (χ0v) is 22.6. The van der Waals surface area contributed by atoms with Crippen LogP contribution in [0.2, 0.25) is 0 Å². The van der Waals surface area contributed by atoms with Gasteiger partial charge >= 0.3 is 6.03 Å². The Labute approximate surface area is 238 Å². The predicted molar refractivity (Wildman–Crippen MR) is 148 cm³/mol. The number of carbonyl (C=O) groups is 3. The molecule has 4 aromatic rings. The first kappa shape index (κ1) is 25.9. The van der Waals surface area contributed by atoms with Crippen LogP contribution in [-0.4, -0.2) is 72.5 Å². The van der Waals surface area contributed by atoms with Gasteiger partial charge in [0.25, 0.3) is 11.8 Å². The number of nitrogens with zero attached hydrogens (tertiary/aromatic N) is 4. The van der Waals surface area contributed by atoms with Gasteiger partial charge in [-0.05, 0) is 35.9 Å². The van der Waals surface area contributed by atoms with Crippen molar-refractivity contribution < 1.29 is 27.9 Å². The summed E-state index contributed by atoms with van der Waals surface area (Å²) in [5.41, 5.74) is 0.977. The van der Waals surface area contributed by atoms with E-state index in [1.165, 1.54) is 18.1 Å². The first-order valence-electron chi connectivity index (χ1n) is 13.5. The summed E-state index contributed by atoms with van der Waals surface area (Å²) in [7, 11) is 1.32. The van der Waals surface area contributed by atoms with Gasteiger partial charge in [-0.1, -0.05) is 6.07 Å². The lowest BCUT2D eigenvalue weighted by Crippen LogP contribution is -2.52. The van der Waals surface area contributed by atoms with Crippen LogP contribution in [0, 0.1) is 5.82 Å². The highest BCUT2D eigenvalue weighted by molar-refractivity contribution is 6.08. The molecule has 0 aliphatic carbocycles. The number of urea groups is 1. The largest absolute Gasteiger partial charge is 0.494 e. The number of benzene rings is 1. The third-order valence-corrected chi connectivity index (χ3v) is 7.92. The molecule has 0 radical (unpaired) electrons. The molecule has 2 saturated heterocycles. The average molecular weight is 572 g/mol. The molecule has 4 amide bonds. The Kier molecular flexibility index (Phi) is 6.04. The molecule has 3 aliphatic rings. The number of methoxy groups -OCH3 is 1. The maximum absolute atomic E-state index is 15.0. The third-order valence-electron chi connectivity index (χ3n) is 7.92. The molecule has 214 valence electrons. The number of carbonyl (C=O) groups excluding carboxylic acids is 3. The van der Waals surface area contributed by atoms with Crippen molar-refractivity contribution in [3.05, 3.63) is 71.4 Å². The molecule has 7 rings (SSSR count). The van der Waals surface area contributed by atoms with E-state index in [4.69, 9.17) is 14.1 Å². The van der Waals surface area contributed by atoms with Crippen molar-refractivity contribution in [2.24, 2.45) is 0 Å². The fourth-order valence-electron chi connectivity index (χ4n) is 5.76. The number of pyridine rings is 2. The van der Waals surface area contributed by atoms with Gasteiger partial charge in [0.15, 0.2) is 22.7 Å². The van der Waals surface area contributed by atoms with E-state index in [1.807, 2.05) is 18.2 Å². The number of halogens is 1. The fraction of sp³-hybridized carbons (Fsp3) is 0.276. The minimum Gasteiger partial charge on any atom is -0.494 e. The van der Waals surface area contributed by atoms with Crippen LogP contribution in [0.15, 0.2) is 53.1 Å². The standard InChI is InChI=1S/C29H26FN7O5/c1-41-21-4-2-17-14-37(26(38)24(17)25(21)30)15-29(27(39)34-28(40)35-29)22-13-19-20(42-22)5-3-18(33-19)16-6-7-32-23(12-16)36-10-8-31-9-11-36/h2-7,12-13,31H,8-11,14-15H2,1H3,(H2,34,35,39,40)/t29-/m0/s1. The van der Waals surface area contributed by atoms with E-state index in [1.54, 1.807) is 24.4 Å². The number of hydrogen-bond acceptors (Lipinski definition) is 9. The first-order valence-corrected chi connectivity index (χ1v) is 13.5. The summed E-state index contributed by atoms with van der Waals surface area (Å²) in [6.07, 6.45) is 1.75. The van der Waals surface area contributed by atoms with Crippen LogP contribution in [0.5, 0.6) is 5.75 Å². The van der Waals surface area contributed by atoms with Crippen LogP contribution in [-0.2, 0) is 16.9 Å². The Morgan fingerprint density at radius 1 is 1.10 bits per heavy atom. The third kappa shape index (κ3) is 4.12. The van der Waals surface area contributed by atoms with Crippen molar-refractivity contribution in [3.8, 4) is 17.0 Å². The molecule has 13 heteroatoms. The summed E-state index contributed by atoms with van der Waals surface area (Å²) < 4.78 is 26.1. The smallest absolute Gasteiger partial charge is 0.322 e. The lowest BCUT2D eigenvalue weighted by Gasteiger charge is -2.28. The van der Waals surface area contributed by atoms with Crippen molar-refractivity contribution in [1.82, 2.24) is 30.8 Å². The zero-order chi connectivity index (χ0) is 29.0. The summed E-state index contributed by atoms with van der Waals surface area (Å²) in [5.74, 6) is -1.18. The molecule has 1 aromatic carbocycles. The van der Waals surface area contributed by atoms with E-state index in [0.29, 0.717) is 22.4 Å². The van der Waals surface area contributed by atoms with Crippen LogP contribution in [0.4, 0.5) is 15.0 Å². The Balaban J connectivity index is 1.22. The predicted octanol–water partition coefficient (Wildman–Crippen LogP) is 2.14. The summed E-state index contributed by atoms with van der Waals surface area (Å²) in [6, 6.07) is 11.3. The number of aromatic nitrogens is 2. The number of hydrogen-bond donors (Lipinski definition) is 3. The van der Waals surface area contributed by atoms with Crippen LogP contribution in [0.1, 0.15) is 21.7 Å². The van der Waals surface area contributed by atoms with Gasteiger partial charge < -0.3 is 29.6 Å². The van der Waals surface area contributed by atoms with Crippen LogP contribution < -0.4 is 25.6 Å². The summed E-state index contributed by atoms with van der Waals surface area (Å²) in [6.45, 7) is 3.24. The highest BCUT2D eigenvalue weighted by atomic mass is 19.1. The van der Waals surface area contributed by atoms with Crippen molar-refractivity contribution in [1.29, 1.82) is 0 Å². The van der Waals surface area contributed by atoms with Crippen molar-refractivity contribution in [2.75, 3.05) is 44.7 Å². The summed E-state index contributed by atoms with van der Waals surface area (Å²) >= 11 is 0. The maximum atomic E-state index is 15.0. The SMILES string of the molecule is COc1ccc2c(c1F)C(=O)N(C[C@@]1(c3cc4nc(-c5ccnc(N6CCNCC6)c5)ccc4o3)NC(=O)NC1=O)C2. The highest BCUT2D eigenvalue weighted by Gasteiger charge is 2.53. The Bertz CT molecular complexity index is 1770. The highest BCUT2D eigenvalue weighted by Crippen LogP contribution is 2.36. The van der Waals surface area contributed by atoms with Gasteiger partial charge in [-0.15, -0.1) is 0 Å². The van der Waals surface area contributed by atoms with E-state index in [2.05, 4.69) is 25.8 Å². The number of amides is 4. The van der Waals surface area contributed by atoms with Crippen molar-refractivity contribution >= 4 is 34.8 Å². The van der Waals surface area contributed by atoms with Crippen LogP contribution in [0.25, 0.3) is 22.4 Å². The summed E-state index contributed by atoms with van der Waals surface area (Å²) in [4.78, 5) is 51.7. The maximum Gasteiger partial charge on any atom is 0.322 e. The second-order valence-corrected chi connectivity index (χ2v) is 10.4. The van der Waals surface area contributed by atoms with Gasteiger partial charge in [-0.2, -0.15) is 0 Å². The van der Waals surface area contributed by atoms with Crippen LogP contribution in [0.3, 0.4) is 0 Å². The molecule has 1 atom stereocenters. The van der Waals surface area contributed by atoms with E-state index in [0.717, 1.165) is 37.6 Å². The van der Waals surface area contributed by atoms with Crippen molar-refractivity contribution in [3.63, 3.8) is 0 Å². The van der Waals surface area contributed by atoms with Gasteiger partial charge in [0, 0.05) is 50.6 Å². The van der Waals surface area contributed by atoms with Gasteiger partial charge in [-0.25, -0.2) is 19.2 Å². The van der Waals surface area contributed by atoms with Crippen LogP contribution >= 0.6 is 0 Å². The lowest BCUT2D eigenvalue weighted by molar-refractivity contribution is -0.125. The van der Waals surface area contributed by atoms with E-state index in [-0.39, 0.29) is 30.2 Å². The zero-order valence-electron chi connectivity index (χ0n) is 22.6. The molecule has 6 heterocycles. The van der Waals surface area contributed by atoms with Crippen molar-refractivity contribution in [2.45, 2.75) is 12.1 Å². The van der Waals surface area contributed by atoms with Gasteiger partial charge in [0.2, 0.25) is 0 Å². The molecule has 0 saturated carbocycles. The van der Waals surface area contributed by atoms with Gasteiger partial charge in [0.05, 0.1) is 24.9 Å². The van der Waals surface area contributed by atoms with E-state index in [9.17, 15) is 18.8 Å². The molecule has 2 fully saturated rings. The number of nitrogens with one attached hydrogen (secondary N) is 3. The quantitative estimate of drug-likeness (QED) is 0.297. The number of furan rings is 1. The van der Waals surface area contributed by atoms with Gasteiger partial charge in [0.1, 0.15) is 17.1 Å². The lowest BCUT2D eigenvalue weighted by atomic mass is 9.95. The Morgan fingerprint density at radius 3 is 2.69 bits per heavy atom. The number of fused-ring (bicyclic) bond motifs is 2. The second kappa shape index (κ2) is 9.80. The summed E-state index contributed by atoms with van der Waals surface area (Å²) in [5, 5.41) is 8.22. The molecule has 3 N–H and O–H groups in total. The molecular formula is C29H26FN7O5. The fourth-order valence-corrected chi connectivity index (χ4v) is 5.76. The Hall–Kier alpha value is -5.04. The number of ether oxygens (including phenoxy) is 1. The molecule has 42 heavy (non-hydrogen) atoms. The van der Waals surface area contributed by atoms with Gasteiger partial charge in [-0.3, -0.25) is 14.9 Å². The molecule has 3 aromatic heterocycles. The molecule has 3 aliphatic heterocycles. The number of rotatable bonds is 6. The monoisotopic (exact) mass is 571 g/mol. The normalized spacial score (nSPS) is 20.2. The average Bonchev–Trinajstić information content (AvgIpc) is 3.67. The molecule has 0 bridgehead atoms. The number of piperazine rings is 1. The molecular weight excluding hydrogens is 545 g/mol. The number of anilines is 1. The second-order valence-electron chi connectivity index (χ2n) is 10.4. The minimum absolute atomic E-state index is 0.0417. The van der Waals surface area contributed by atoms with E-state index >= 15 is 0 Å².